The predicted molar refractivity (Wildman–Crippen MR) is 169 cm³/mol. The molecule has 234 valence electrons. The second-order valence-corrected chi connectivity index (χ2v) is 11.4. The number of ether oxygens (including phenoxy) is 1. The summed E-state index contributed by atoms with van der Waals surface area (Å²) in [7, 11) is 4.36. The van der Waals surface area contributed by atoms with Gasteiger partial charge in [0, 0.05) is 36.8 Å². The van der Waals surface area contributed by atoms with Gasteiger partial charge in [0.05, 0.1) is 27.4 Å². The second-order valence-electron chi connectivity index (χ2n) is 11.4. The molecule has 11 heteroatoms. The number of methoxy groups -OCH3 is 1. The van der Waals surface area contributed by atoms with E-state index in [0.717, 1.165) is 39.1 Å². The topological polar surface area (TPSA) is 120 Å². The molecule has 5 rings (SSSR count). The highest BCUT2D eigenvalue weighted by atomic mass is 19.1. The highest BCUT2D eigenvalue weighted by molar-refractivity contribution is 6.20. The molecule has 2 atom stereocenters. The van der Waals surface area contributed by atoms with Crippen LogP contribution in [0.25, 0.3) is 22.3 Å². The molecule has 0 bridgehead atoms. The van der Waals surface area contributed by atoms with E-state index in [0.29, 0.717) is 35.5 Å². The van der Waals surface area contributed by atoms with Gasteiger partial charge >= 0.3 is 11.9 Å². The van der Waals surface area contributed by atoms with E-state index in [1.165, 1.54) is 38.1 Å². The number of hydrogen-bond donors (Lipinski definition) is 3. The van der Waals surface area contributed by atoms with Crippen molar-refractivity contribution >= 4 is 35.7 Å². The number of hydrogen-bond acceptors (Lipinski definition) is 6. The minimum atomic E-state index is -1.14. The average Bonchev–Trinajstić information content (AvgIpc) is 3.44. The Balaban J connectivity index is 1.40. The molecule has 45 heavy (non-hydrogen) atoms. The Hall–Kier alpha value is -4.90. The van der Waals surface area contributed by atoms with E-state index in [1.54, 1.807) is 6.07 Å². The molecule has 1 fully saturated rings. The molecule has 1 saturated heterocycles. The maximum atomic E-state index is 15.5. The summed E-state index contributed by atoms with van der Waals surface area (Å²) in [5.74, 6) is -2.22. The Morgan fingerprint density at radius 2 is 1.76 bits per heavy atom. The van der Waals surface area contributed by atoms with Crippen molar-refractivity contribution in [2.45, 2.75) is 39.3 Å². The minimum absolute atomic E-state index is 0.0357. The molecule has 0 saturated carbocycles. The van der Waals surface area contributed by atoms with Crippen molar-refractivity contribution < 1.29 is 32.9 Å². The molecule has 10 nitrogen and oxygen atoms in total. The van der Waals surface area contributed by atoms with Gasteiger partial charge in [0.25, 0.3) is 0 Å². The summed E-state index contributed by atoms with van der Waals surface area (Å²) in [6, 6.07) is 14.2. The van der Waals surface area contributed by atoms with Gasteiger partial charge in [0.2, 0.25) is 11.8 Å². The molecule has 0 aromatic heterocycles. The average molecular weight is 615 g/mol. The Labute approximate surface area is 261 Å². The quantitative estimate of drug-likeness (QED) is 0.248. The summed E-state index contributed by atoms with van der Waals surface area (Å²) in [5, 5.41) is 8.99. The van der Waals surface area contributed by atoms with Crippen LogP contribution >= 0.6 is 0 Å². The zero-order valence-electron chi connectivity index (χ0n) is 26.0. The maximum Gasteiger partial charge on any atom is 0.499 e. The van der Waals surface area contributed by atoms with Crippen LogP contribution in [0.4, 0.5) is 14.9 Å². The molecule has 2 heterocycles. The first-order valence-corrected chi connectivity index (χ1v) is 14.8. The smallest absolute Gasteiger partial charge is 0.496 e. The van der Waals surface area contributed by atoms with Crippen molar-refractivity contribution in [1.82, 2.24) is 15.5 Å². The van der Waals surface area contributed by atoms with E-state index < -0.39 is 29.6 Å². The fourth-order valence-corrected chi connectivity index (χ4v) is 5.91. The molecular formula is C34H37FN5O5+. The van der Waals surface area contributed by atoms with Crippen molar-refractivity contribution in [2.24, 2.45) is 5.92 Å². The van der Waals surface area contributed by atoms with Gasteiger partial charge < -0.3 is 20.7 Å². The van der Waals surface area contributed by atoms with E-state index in [1.807, 2.05) is 50.2 Å². The first-order chi connectivity index (χ1) is 21.5. The van der Waals surface area contributed by atoms with Crippen LogP contribution in [0, 0.1) is 25.6 Å². The third-order valence-electron chi connectivity index (χ3n) is 8.52. The molecule has 1 unspecified atom stereocenters. The third-order valence-corrected chi connectivity index (χ3v) is 8.52. The van der Waals surface area contributed by atoms with Crippen molar-refractivity contribution in [3.05, 3.63) is 71.0 Å². The lowest BCUT2D eigenvalue weighted by Gasteiger charge is -2.20. The lowest BCUT2D eigenvalue weighted by Crippen LogP contribution is -2.51. The molecular weight excluding hydrogens is 577 g/mol. The number of anilines is 1. The highest BCUT2D eigenvalue weighted by Gasteiger charge is 2.43. The molecule has 0 aliphatic carbocycles. The number of benzene rings is 3. The van der Waals surface area contributed by atoms with Gasteiger partial charge in [-0.2, -0.15) is 9.69 Å². The van der Waals surface area contributed by atoms with Gasteiger partial charge in [-0.1, -0.05) is 30.3 Å². The largest absolute Gasteiger partial charge is 0.499 e. The normalized spacial score (nSPS) is 18.1. The molecule has 5 amide bonds. The van der Waals surface area contributed by atoms with Crippen LogP contribution in [-0.2, 0) is 20.9 Å². The van der Waals surface area contributed by atoms with E-state index in [4.69, 9.17) is 4.74 Å². The molecule has 2 aliphatic heterocycles. The van der Waals surface area contributed by atoms with Crippen molar-refractivity contribution in [3.63, 3.8) is 0 Å². The van der Waals surface area contributed by atoms with Crippen LogP contribution in [0.1, 0.15) is 29.5 Å². The van der Waals surface area contributed by atoms with Gasteiger partial charge in [-0.25, -0.2) is 13.8 Å². The number of imide groups is 1. The first kappa shape index (κ1) is 31.5. The zero-order valence-corrected chi connectivity index (χ0v) is 26.0. The van der Waals surface area contributed by atoms with Crippen molar-refractivity contribution in [1.29, 1.82) is 0 Å². The number of halogens is 1. The summed E-state index contributed by atoms with van der Waals surface area (Å²) in [6.45, 7) is 4.64. The lowest BCUT2D eigenvalue weighted by molar-refractivity contribution is -0.400. The highest BCUT2D eigenvalue weighted by Crippen LogP contribution is 2.37. The second kappa shape index (κ2) is 13.0. The molecule has 3 aromatic rings. The van der Waals surface area contributed by atoms with E-state index in [9.17, 15) is 19.2 Å². The summed E-state index contributed by atoms with van der Waals surface area (Å²) in [4.78, 5) is 50.3. The number of rotatable bonds is 9. The third kappa shape index (κ3) is 6.34. The van der Waals surface area contributed by atoms with Crippen LogP contribution in [0.3, 0.4) is 0 Å². The Morgan fingerprint density at radius 1 is 1.07 bits per heavy atom. The van der Waals surface area contributed by atoms with E-state index in [2.05, 4.69) is 16.0 Å². The number of amides is 5. The van der Waals surface area contributed by atoms with Crippen LogP contribution in [-0.4, -0.2) is 73.2 Å². The van der Waals surface area contributed by atoms with Crippen molar-refractivity contribution in [2.75, 3.05) is 33.1 Å². The molecule has 3 aromatic carbocycles. The van der Waals surface area contributed by atoms with E-state index in [-0.39, 0.29) is 18.5 Å². The van der Waals surface area contributed by atoms with Gasteiger partial charge in [0.1, 0.15) is 11.6 Å². The fraction of sp³-hybridized carbons (Fsp3) is 0.324. The summed E-state index contributed by atoms with van der Waals surface area (Å²) in [6.07, 6.45) is 2.58. The predicted octanol–water partition coefficient (Wildman–Crippen LogP) is 4.01. The summed E-state index contributed by atoms with van der Waals surface area (Å²) in [5.41, 5.74) is 5.89. The van der Waals surface area contributed by atoms with Gasteiger partial charge in [-0.15, -0.1) is 0 Å². The number of carbonyl (C=O) groups excluding carboxylic acids is 4. The molecule has 3 N–H and O–H groups in total. The maximum absolute atomic E-state index is 15.5. The number of urea groups is 1. The summed E-state index contributed by atoms with van der Waals surface area (Å²) < 4.78 is 22.3. The zero-order chi connectivity index (χ0) is 32.4. The van der Waals surface area contributed by atoms with Gasteiger partial charge in [0.15, 0.2) is 5.92 Å². The first-order valence-electron chi connectivity index (χ1n) is 14.8. The van der Waals surface area contributed by atoms with Crippen LogP contribution < -0.4 is 20.7 Å². The Morgan fingerprint density at radius 3 is 2.44 bits per heavy atom. The van der Waals surface area contributed by atoms with Crippen LogP contribution in [0.5, 0.6) is 5.75 Å². The lowest BCUT2D eigenvalue weighted by atomic mass is 9.90. The van der Waals surface area contributed by atoms with Crippen LogP contribution in [0.15, 0.2) is 48.5 Å². The fourth-order valence-electron chi connectivity index (χ4n) is 5.91. The number of nitrogens with zero attached hydrogens (tertiary/aromatic N) is 2. The Kier molecular flexibility index (Phi) is 9.10. The monoisotopic (exact) mass is 614 g/mol. The SMILES string of the molecule is COc1cc(-c2cccc(-c3cccc(NC(=O)C4C=[N+](C)C(=O)N(C)C4=O)c3C)c2C)cc(F)c1CNC[C@@H]1CCC(=O)N1. The molecule has 0 spiro atoms. The number of nitrogens with one attached hydrogen (secondary N) is 3. The van der Waals surface area contributed by atoms with E-state index >= 15 is 4.39 Å². The standard InChI is InChI=1S/C34H36FN5O5/c1-19-23(21-14-28(35)26(30(15-21)45-5)17-36-16-22-12-13-31(41)37-22)8-6-9-24(19)25-10-7-11-29(20(25)2)38-32(42)27-18-39(3)34(44)40(4)33(27)43/h6-11,14-15,18,22,27,36H,12-13,16-17H2,1-5H3,(H-,37,38,41,42)/p+1/t22-,27?/m0/s1. The number of carbonyl (C=O) groups is 4. The molecule has 2 aliphatic rings. The molecule has 0 radical (unpaired) electrons. The minimum Gasteiger partial charge on any atom is -0.496 e. The Bertz CT molecular complexity index is 1740. The van der Waals surface area contributed by atoms with Gasteiger partial charge in [-0.05, 0) is 71.8 Å². The van der Waals surface area contributed by atoms with Crippen molar-refractivity contribution in [3.8, 4) is 28.0 Å². The van der Waals surface area contributed by atoms with Gasteiger partial charge in [-0.3, -0.25) is 9.59 Å². The summed E-state index contributed by atoms with van der Waals surface area (Å²) >= 11 is 0. The van der Waals surface area contributed by atoms with Crippen LogP contribution in [0.2, 0.25) is 0 Å².